The summed E-state index contributed by atoms with van der Waals surface area (Å²) in [4.78, 5) is 17.6. The minimum absolute atomic E-state index is 0.123. The second kappa shape index (κ2) is 8.45. The van der Waals surface area contributed by atoms with Crippen LogP contribution in [0.1, 0.15) is 60.1 Å². The first-order valence-corrected chi connectivity index (χ1v) is 11.1. The summed E-state index contributed by atoms with van der Waals surface area (Å²) in [5, 5.41) is 2.91. The van der Waals surface area contributed by atoms with Crippen molar-refractivity contribution < 1.29 is 14.3 Å². The van der Waals surface area contributed by atoms with E-state index in [0.717, 1.165) is 23.7 Å². The maximum atomic E-state index is 12.3. The van der Waals surface area contributed by atoms with Gasteiger partial charge in [0.2, 0.25) is 5.13 Å². The Kier molecular flexibility index (Phi) is 5.76. The second-order valence-electron chi connectivity index (χ2n) is 7.26. The fourth-order valence-electron chi connectivity index (χ4n) is 4.09. The van der Waals surface area contributed by atoms with Gasteiger partial charge in [0.15, 0.2) is 0 Å². The number of ether oxygens (including phenoxy) is 2. The molecule has 0 amide bonds. The van der Waals surface area contributed by atoms with Crippen molar-refractivity contribution in [2.45, 2.75) is 46.1 Å². The van der Waals surface area contributed by atoms with Crippen molar-refractivity contribution in [3.8, 4) is 5.75 Å². The summed E-state index contributed by atoms with van der Waals surface area (Å²) in [7, 11) is 0. The zero-order valence-corrected chi connectivity index (χ0v) is 17.9. The lowest BCUT2D eigenvalue weighted by atomic mass is 9.84. The van der Waals surface area contributed by atoms with Crippen LogP contribution in [0.2, 0.25) is 0 Å². The van der Waals surface area contributed by atoms with Gasteiger partial charge in [0.1, 0.15) is 10.6 Å². The van der Waals surface area contributed by atoms with Crippen molar-refractivity contribution in [2.75, 3.05) is 18.2 Å². The standard InChI is InChI=1S/C22H27N3O3S/c1-4-27-16-12-10-15(11-13-16)19-17-8-6-7-9-18(17)24-25(19)22-23-14(3)20(29-22)21(26)28-5-2/h9-13,17,19,24H,4-8H2,1-3H3/t17-,19+/m0/s1. The number of anilines is 1. The number of carbonyl (C=O) groups excluding carboxylic acids is 1. The van der Waals surface area contributed by atoms with Gasteiger partial charge in [0.05, 0.1) is 24.9 Å². The maximum absolute atomic E-state index is 12.3. The fourth-order valence-corrected chi connectivity index (χ4v) is 5.05. The number of aryl methyl sites for hydroxylation is 1. The highest BCUT2D eigenvalue weighted by atomic mass is 32.1. The molecule has 6 nitrogen and oxygen atoms in total. The van der Waals surface area contributed by atoms with E-state index in [1.54, 1.807) is 0 Å². The molecule has 1 aliphatic carbocycles. The number of benzene rings is 1. The molecule has 2 heterocycles. The van der Waals surface area contributed by atoms with Gasteiger partial charge in [0, 0.05) is 11.6 Å². The van der Waals surface area contributed by atoms with Crippen LogP contribution in [0.3, 0.4) is 0 Å². The lowest BCUT2D eigenvalue weighted by molar-refractivity contribution is 0.0531. The van der Waals surface area contributed by atoms with Crippen LogP contribution in [0.25, 0.3) is 0 Å². The van der Waals surface area contributed by atoms with Crippen molar-refractivity contribution in [3.05, 3.63) is 52.2 Å². The Morgan fingerprint density at radius 1 is 1.28 bits per heavy atom. The third-order valence-corrected chi connectivity index (χ3v) is 6.51. The molecule has 2 aliphatic rings. The summed E-state index contributed by atoms with van der Waals surface area (Å²) in [6.07, 6.45) is 5.70. The van der Waals surface area contributed by atoms with E-state index >= 15 is 0 Å². The number of allylic oxidation sites excluding steroid dienone is 1. The van der Waals surface area contributed by atoms with Crippen LogP contribution < -0.4 is 15.2 Å². The molecule has 1 aromatic carbocycles. The highest BCUT2D eigenvalue weighted by Gasteiger charge is 2.41. The summed E-state index contributed by atoms with van der Waals surface area (Å²) in [5.41, 5.74) is 6.74. The van der Waals surface area contributed by atoms with Crippen LogP contribution >= 0.6 is 11.3 Å². The van der Waals surface area contributed by atoms with Gasteiger partial charge in [0.25, 0.3) is 0 Å². The minimum Gasteiger partial charge on any atom is -0.494 e. The van der Waals surface area contributed by atoms with Crippen LogP contribution in [0, 0.1) is 12.8 Å². The van der Waals surface area contributed by atoms with Crippen LogP contribution in [0.5, 0.6) is 5.75 Å². The van der Waals surface area contributed by atoms with Gasteiger partial charge in [-0.05, 0) is 57.7 Å². The van der Waals surface area contributed by atoms with Gasteiger partial charge in [-0.15, -0.1) is 0 Å². The maximum Gasteiger partial charge on any atom is 0.350 e. The van der Waals surface area contributed by atoms with Gasteiger partial charge in [-0.25, -0.2) is 9.78 Å². The van der Waals surface area contributed by atoms with Crippen molar-refractivity contribution >= 4 is 22.4 Å². The number of esters is 1. The van der Waals surface area contributed by atoms with Crippen LogP contribution in [0.15, 0.2) is 36.0 Å². The SMILES string of the molecule is CCOC(=O)c1sc(N2NC3=CCCC[C@@H]3[C@H]2c2ccc(OCC)cc2)nc1C. The minimum atomic E-state index is -0.304. The Hall–Kier alpha value is -2.54. The molecule has 7 heteroatoms. The molecule has 1 saturated heterocycles. The number of hydrazine groups is 1. The quantitative estimate of drug-likeness (QED) is 0.688. The first kappa shape index (κ1) is 19.8. The Bertz CT molecular complexity index is 907. The Balaban J connectivity index is 1.69. The first-order valence-electron chi connectivity index (χ1n) is 10.3. The third-order valence-electron chi connectivity index (χ3n) is 5.38. The number of hydrogen-bond donors (Lipinski definition) is 1. The van der Waals surface area contributed by atoms with Crippen molar-refractivity contribution in [1.29, 1.82) is 0 Å². The third kappa shape index (κ3) is 3.83. The van der Waals surface area contributed by atoms with E-state index in [1.807, 2.05) is 32.9 Å². The number of nitrogens with zero attached hydrogens (tertiary/aromatic N) is 2. The smallest absolute Gasteiger partial charge is 0.350 e. The molecule has 0 saturated carbocycles. The van der Waals surface area contributed by atoms with Crippen LogP contribution in [0.4, 0.5) is 5.13 Å². The number of aromatic nitrogens is 1. The highest BCUT2D eigenvalue weighted by Crippen LogP contribution is 2.46. The average Bonchev–Trinajstić information content (AvgIpc) is 3.30. The number of nitrogens with one attached hydrogen (secondary N) is 1. The highest BCUT2D eigenvalue weighted by molar-refractivity contribution is 7.17. The molecular weight excluding hydrogens is 386 g/mol. The fraction of sp³-hybridized carbons (Fsp3) is 0.455. The molecule has 29 heavy (non-hydrogen) atoms. The predicted octanol–water partition coefficient (Wildman–Crippen LogP) is 4.78. The summed E-state index contributed by atoms with van der Waals surface area (Å²) >= 11 is 1.39. The Morgan fingerprint density at radius 3 is 2.79 bits per heavy atom. The molecule has 0 bridgehead atoms. The van der Waals surface area contributed by atoms with Crippen LogP contribution in [-0.2, 0) is 4.74 Å². The van der Waals surface area contributed by atoms with Crippen molar-refractivity contribution in [3.63, 3.8) is 0 Å². The molecule has 4 rings (SSSR count). The summed E-state index contributed by atoms with van der Waals surface area (Å²) in [6.45, 7) is 6.68. The van der Waals surface area contributed by atoms with E-state index < -0.39 is 0 Å². The average molecular weight is 414 g/mol. The summed E-state index contributed by atoms with van der Waals surface area (Å²) in [5.74, 6) is 0.960. The number of rotatable bonds is 6. The van der Waals surface area contributed by atoms with Gasteiger partial charge in [-0.3, -0.25) is 10.4 Å². The molecule has 2 aromatic rings. The Labute approximate surface area is 175 Å². The molecule has 2 atom stereocenters. The monoisotopic (exact) mass is 413 g/mol. The van der Waals surface area contributed by atoms with Crippen molar-refractivity contribution in [2.24, 2.45) is 5.92 Å². The summed E-state index contributed by atoms with van der Waals surface area (Å²) < 4.78 is 10.8. The topological polar surface area (TPSA) is 63.7 Å². The molecule has 1 aromatic heterocycles. The lowest BCUT2D eigenvalue weighted by Crippen LogP contribution is -2.32. The normalized spacial score (nSPS) is 20.7. The van der Waals surface area contributed by atoms with Crippen molar-refractivity contribution in [1.82, 2.24) is 10.4 Å². The number of carbonyl (C=O) groups is 1. The first-order chi connectivity index (χ1) is 14.1. The molecule has 1 aliphatic heterocycles. The Morgan fingerprint density at radius 2 is 2.07 bits per heavy atom. The molecule has 0 spiro atoms. The second-order valence-corrected chi connectivity index (χ2v) is 8.23. The lowest BCUT2D eigenvalue weighted by Gasteiger charge is -2.27. The van der Waals surface area contributed by atoms with E-state index in [2.05, 4.69) is 28.6 Å². The largest absolute Gasteiger partial charge is 0.494 e. The molecule has 1 fully saturated rings. The van der Waals surface area contributed by atoms with E-state index in [-0.39, 0.29) is 12.0 Å². The zero-order chi connectivity index (χ0) is 20.4. The van der Waals surface area contributed by atoms with Gasteiger partial charge in [-0.1, -0.05) is 29.5 Å². The van der Waals surface area contributed by atoms with E-state index in [1.165, 1.54) is 29.0 Å². The number of thiazole rings is 1. The molecule has 0 radical (unpaired) electrons. The summed E-state index contributed by atoms with van der Waals surface area (Å²) in [6, 6.07) is 8.44. The van der Waals surface area contributed by atoms with Crippen LogP contribution in [-0.4, -0.2) is 24.2 Å². The van der Waals surface area contributed by atoms with E-state index in [4.69, 9.17) is 14.5 Å². The van der Waals surface area contributed by atoms with E-state index in [0.29, 0.717) is 29.7 Å². The molecule has 1 N–H and O–H groups in total. The number of hydrogen-bond acceptors (Lipinski definition) is 7. The number of fused-ring (bicyclic) bond motifs is 1. The van der Waals surface area contributed by atoms with Gasteiger partial charge in [-0.2, -0.15) is 0 Å². The van der Waals surface area contributed by atoms with Gasteiger partial charge < -0.3 is 9.47 Å². The predicted molar refractivity (Wildman–Crippen MR) is 114 cm³/mol. The van der Waals surface area contributed by atoms with Gasteiger partial charge >= 0.3 is 5.97 Å². The molecule has 0 unspecified atom stereocenters. The van der Waals surface area contributed by atoms with E-state index in [9.17, 15) is 4.79 Å². The molecule has 154 valence electrons. The zero-order valence-electron chi connectivity index (χ0n) is 17.1. The molecular formula is C22H27N3O3S.